The van der Waals surface area contributed by atoms with Crippen LogP contribution in [0.3, 0.4) is 0 Å². The number of carbonyl (C=O) groups is 3. The summed E-state index contributed by atoms with van der Waals surface area (Å²) in [6.45, 7) is 2.29. The SMILES string of the molecule is CCCCCCCCCCCCCCCCCCCCC(CCCCCCCCCCCCCCCCCCCC(C(=O)O)C(=O)O)C(=O)O. The lowest BCUT2D eigenvalue weighted by Gasteiger charge is -2.12. The van der Waals surface area contributed by atoms with Gasteiger partial charge in [-0.05, 0) is 19.3 Å². The Kier molecular flexibility index (Phi) is 37.4. The zero-order valence-corrected chi connectivity index (χ0v) is 33.1. The number of aliphatic carboxylic acids is 3. The number of hydrogen-bond donors (Lipinski definition) is 3. The number of carboxylic acid groups (broad SMARTS) is 3. The fourth-order valence-electron chi connectivity index (χ4n) is 7.43. The molecule has 0 aliphatic heterocycles. The summed E-state index contributed by atoms with van der Waals surface area (Å²) in [6, 6.07) is 0. The predicted octanol–water partition coefficient (Wildman–Crippen LogP) is 14.3. The van der Waals surface area contributed by atoms with E-state index in [0.717, 1.165) is 44.9 Å². The monoisotopic (exact) mass is 709 g/mol. The second-order valence-electron chi connectivity index (χ2n) is 15.7. The summed E-state index contributed by atoms with van der Waals surface area (Å²) in [5, 5.41) is 27.5. The first-order chi connectivity index (χ1) is 24.4. The molecule has 6 nitrogen and oxygen atoms in total. The van der Waals surface area contributed by atoms with Gasteiger partial charge in [0.1, 0.15) is 0 Å². The molecule has 0 aliphatic rings. The van der Waals surface area contributed by atoms with Crippen LogP contribution >= 0.6 is 0 Å². The lowest BCUT2D eigenvalue weighted by Crippen LogP contribution is -2.23. The standard InChI is InChI=1S/C44H84O6/c1-2-3-4-5-6-7-8-9-10-11-13-16-19-22-25-28-31-34-37-40(42(45)46)38-35-32-29-26-23-20-17-14-12-15-18-21-24-27-30-33-36-39-41(43(47)48)44(49)50/h40-41H,2-39H2,1H3,(H,45,46)(H,47,48)(H,49,50). The lowest BCUT2D eigenvalue weighted by atomic mass is 9.94. The highest BCUT2D eigenvalue weighted by Crippen LogP contribution is 2.21. The Bertz CT molecular complexity index is 739. The van der Waals surface area contributed by atoms with Crippen molar-refractivity contribution in [3.8, 4) is 0 Å². The van der Waals surface area contributed by atoms with Crippen molar-refractivity contribution in [3.63, 3.8) is 0 Å². The molecule has 0 heterocycles. The van der Waals surface area contributed by atoms with Crippen molar-refractivity contribution in [2.24, 2.45) is 11.8 Å². The molecule has 0 saturated heterocycles. The van der Waals surface area contributed by atoms with Gasteiger partial charge in [0.2, 0.25) is 0 Å². The van der Waals surface area contributed by atoms with Crippen LogP contribution in [0.1, 0.15) is 251 Å². The molecule has 0 aromatic heterocycles. The average molecular weight is 709 g/mol. The highest BCUT2D eigenvalue weighted by molar-refractivity contribution is 5.92. The van der Waals surface area contributed by atoms with Gasteiger partial charge in [-0.25, -0.2) is 0 Å². The molecule has 0 amide bonds. The van der Waals surface area contributed by atoms with E-state index in [1.807, 2.05) is 0 Å². The molecule has 0 aliphatic carbocycles. The molecule has 6 heteroatoms. The van der Waals surface area contributed by atoms with E-state index in [9.17, 15) is 19.5 Å². The van der Waals surface area contributed by atoms with E-state index in [-0.39, 0.29) is 12.3 Å². The van der Waals surface area contributed by atoms with Gasteiger partial charge in [-0.15, -0.1) is 0 Å². The molecule has 296 valence electrons. The van der Waals surface area contributed by atoms with Crippen molar-refractivity contribution < 1.29 is 29.7 Å². The Balaban J connectivity index is 3.40. The van der Waals surface area contributed by atoms with Crippen LogP contribution in [0.2, 0.25) is 0 Å². The molecule has 0 spiro atoms. The molecular weight excluding hydrogens is 624 g/mol. The maximum atomic E-state index is 11.7. The van der Waals surface area contributed by atoms with Crippen LogP contribution in [0.25, 0.3) is 0 Å². The molecule has 0 bridgehead atoms. The van der Waals surface area contributed by atoms with Crippen molar-refractivity contribution in [2.45, 2.75) is 251 Å². The van der Waals surface area contributed by atoms with Gasteiger partial charge in [0.15, 0.2) is 5.92 Å². The first kappa shape index (κ1) is 48.4. The summed E-state index contributed by atoms with van der Waals surface area (Å²) >= 11 is 0. The molecule has 1 unspecified atom stereocenters. The maximum absolute atomic E-state index is 11.7. The van der Waals surface area contributed by atoms with Crippen molar-refractivity contribution in [3.05, 3.63) is 0 Å². The number of hydrogen-bond acceptors (Lipinski definition) is 3. The zero-order valence-electron chi connectivity index (χ0n) is 33.1. The second kappa shape index (κ2) is 38.6. The van der Waals surface area contributed by atoms with E-state index >= 15 is 0 Å². The maximum Gasteiger partial charge on any atom is 0.317 e. The molecule has 3 N–H and O–H groups in total. The van der Waals surface area contributed by atoms with Gasteiger partial charge in [-0.2, -0.15) is 0 Å². The van der Waals surface area contributed by atoms with Gasteiger partial charge in [0.25, 0.3) is 0 Å². The highest BCUT2D eigenvalue weighted by atomic mass is 16.4. The van der Waals surface area contributed by atoms with Gasteiger partial charge in [-0.1, -0.05) is 232 Å². The van der Waals surface area contributed by atoms with E-state index in [1.165, 1.54) is 186 Å². The molecule has 50 heavy (non-hydrogen) atoms. The van der Waals surface area contributed by atoms with E-state index in [1.54, 1.807) is 0 Å². The molecule has 1 atom stereocenters. The van der Waals surface area contributed by atoms with Crippen LogP contribution in [0.15, 0.2) is 0 Å². The number of carboxylic acids is 3. The quantitative estimate of drug-likeness (QED) is 0.0430. The van der Waals surface area contributed by atoms with Crippen molar-refractivity contribution in [1.82, 2.24) is 0 Å². The van der Waals surface area contributed by atoms with Gasteiger partial charge in [0, 0.05) is 0 Å². The topological polar surface area (TPSA) is 112 Å². The Labute approximate surface area is 309 Å². The molecule has 0 saturated carbocycles. The highest BCUT2D eigenvalue weighted by Gasteiger charge is 2.24. The summed E-state index contributed by atoms with van der Waals surface area (Å²) in [5.41, 5.74) is 0. The minimum absolute atomic E-state index is 0.139. The third-order valence-corrected chi connectivity index (χ3v) is 10.9. The predicted molar refractivity (Wildman–Crippen MR) is 211 cm³/mol. The Morgan fingerprint density at radius 2 is 0.500 bits per heavy atom. The minimum atomic E-state index is -1.25. The first-order valence-corrected chi connectivity index (χ1v) is 22.1. The Morgan fingerprint density at radius 3 is 0.700 bits per heavy atom. The number of unbranched alkanes of at least 4 members (excludes halogenated alkanes) is 33. The van der Waals surface area contributed by atoms with E-state index in [4.69, 9.17) is 10.2 Å². The Hall–Kier alpha value is -1.59. The summed E-state index contributed by atoms with van der Waals surface area (Å²) < 4.78 is 0. The molecular formula is C44H84O6. The lowest BCUT2D eigenvalue weighted by molar-refractivity contribution is -0.155. The van der Waals surface area contributed by atoms with Gasteiger partial charge in [-0.3, -0.25) is 14.4 Å². The summed E-state index contributed by atoms with van der Waals surface area (Å²) in [7, 11) is 0. The van der Waals surface area contributed by atoms with Crippen LogP contribution in [-0.4, -0.2) is 33.2 Å². The Morgan fingerprint density at radius 1 is 0.300 bits per heavy atom. The van der Waals surface area contributed by atoms with Crippen LogP contribution in [-0.2, 0) is 14.4 Å². The van der Waals surface area contributed by atoms with Crippen molar-refractivity contribution >= 4 is 17.9 Å². The smallest absolute Gasteiger partial charge is 0.317 e. The van der Waals surface area contributed by atoms with Crippen LogP contribution in [0.4, 0.5) is 0 Å². The fraction of sp³-hybridized carbons (Fsp3) is 0.932. The van der Waals surface area contributed by atoms with Crippen molar-refractivity contribution in [1.29, 1.82) is 0 Å². The number of rotatable bonds is 42. The molecule has 0 fully saturated rings. The summed E-state index contributed by atoms with van der Waals surface area (Å²) in [4.78, 5) is 33.5. The van der Waals surface area contributed by atoms with Gasteiger partial charge >= 0.3 is 17.9 Å². The molecule has 0 rings (SSSR count). The summed E-state index contributed by atoms with van der Waals surface area (Å²) in [6.07, 6.45) is 46.8. The first-order valence-electron chi connectivity index (χ1n) is 22.1. The van der Waals surface area contributed by atoms with Crippen LogP contribution in [0.5, 0.6) is 0 Å². The molecule has 0 aromatic carbocycles. The van der Waals surface area contributed by atoms with E-state index < -0.39 is 23.8 Å². The largest absolute Gasteiger partial charge is 0.481 e. The third-order valence-electron chi connectivity index (χ3n) is 10.9. The zero-order chi connectivity index (χ0) is 36.8. The van der Waals surface area contributed by atoms with Crippen LogP contribution in [0, 0.1) is 11.8 Å². The molecule has 0 aromatic rings. The van der Waals surface area contributed by atoms with Gasteiger partial charge < -0.3 is 15.3 Å². The normalized spacial score (nSPS) is 12.1. The summed E-state index contributed by atoms with van der Waals surface area (Å²) in [5.74, 6) is -4.43. The third kappa shape index (κ3) is 34.8. The minimum Gasteiger partial charge on any atom is -0.481 e. The van der Waals surface area contributed by atoms with Crippen LogP contribution < -0.4 is 0 Å². The second-order valence-corrected chi connectivity index (χ2v) is 15.7. The van der Waals surface area contributed by atoms with E-state index in [0.29, 0.717) is 6.42 Å². The fourth-order valence-corrected chi connectivity index (χ4v) is 7.43. The molecule has 0 radical (unpaired) electrons. The van der Waals surface area contributed by atoms with Crippen molar-refractivity contribution in [2.75, 3.05) is 0 Å². The van der Waals surface area contributed by atoms with Gasteiger partial charge in [0.05, 0.1) is 5.92 Å². The average Bonchev–Trinajstić information content (AvgIpc) is 3.08. The van der Waals surface area contributed by atoms with E-state index in [2.05, 4.69) is 6.92 Å².